The molecule has 0 atom stereocenters. The maximum absolute atomic E-state index is 12.5. The predicted molar refractivity (Wildman–Crippen MR) is 111 cm³/mol. The summed E-state index contributed by atoms with van der Waals surface area (Å²) in [7, 11) is 3.57. The van der Waals surface area contributed by atoms with Crippen molar-refractivity contribution in [2.75, 3.05) is 25.2 Å². The van der Waals surface area contributed by atoms with Crippen molar-refractivity contribution in [2.24, 2.45) is 5.92 Å². The summed E-state index contributed by atoms with van der Waals surface area (Å²) in [5.74, 6) is 2.13. The quantitative estimate of drug-likeness (QED) is 0.687. The van der Waals surface area contributed by atoms with E-state index in [0.717, 1.165) is 34.5 Å². The summed E-state index contributed by atoms with van der Waals surface area (Å²) in [6, 6.07) is 8.03. The molecular formula is C19H26N4O2S2. The molecule has 27 heavy (non-hydrogen) atoms. The van der Waals surface area contributed by atoms with Crippen molar-refractivity contribution < 1.29 is 9.53 Å². The molecule has 0 aliphatic heterocycles. The van der Waals surface area contributed by atoms with Gasteiger partial charge in [0.05, 0.1) is 12.9 Å². The van der Waals surface area contributed by atoms with Crippen LogP contribution in [0.5, 0.6) is 5.75 Å². The highest BCUT2D eigenvalue weighted by Gasteiger charge is 2.24. The Bertz CT molecular complexity index is 760. The minimum atomic E-state index is 0.164. The summed E-state index contributed by atoms with van der Waals surface area (Å²) in [6.45, 7) is 2.29. The number of hydrogen-bond donors (Lipinski definition) is 1. The van der Waals surface area contributed by atoms with Crippen LogP contribution in [-0.2, 0) is 4.79 Å². The van der Waals surface area contributed by atoms with Gasteiger partial charge in [-0.15, -0.1) is 10.2 Å². The van der Waals surface area contributed by atoms with Crippen molar-refractivity contribution in [3.63, 3.8) is 0 Å². The molecule has 0 spiro atoms. The molecular weight excluding hydrogens is 380 g/mol. The van der Waals surface area contributed by atoms with Gasteiger partial charge in [-0.3, -0.25) is 4.79 Å². The Kier molecular flexibility index (Phi) is 6.95. The van der Waals surface area contributed by atoms with Crippen molar-refractivity contribution in [1.29, 1.82) is 0 Å². The van der Waals surface area contributed by atoms with Crippen LogP contribution >= 0.6 is 23.1 Å². The smallest absolute Gasteiger partial charge is 0.233 e. The summed E-state index contributed by atoms with van der Waals surface area (Å²) in [4.78, 5) is 14.4. The van der Waals surface area contributed by atoms with E-state index in [1.807, 2.05) is 36.2 Å². The van der Waals surface area contributed by atoms with Crippen LogP contribution in [0.2, 0.25) is 0 Å². The summed E-state index contributed by atoms with van der Waals surface area (Å²) in [5.41, 5.74) is 0.893. The number of nitrogens with zero attached hydrogens (tertiary/aromatic N) is 3. The standard InChI is InChI=1S/C19H26N4O2S2/c1-13-7-9-15(10-8-13)23(2)17(24)12-26-19-22-21-18(27-19)20-14-5-4-6-16(11-14)25-3/h4-6,11,13,15H,7-10,12H2,1-3H3,(H,20,21). The lowest BCUT2D eigenvalue weighted by Crippen LogP contribution is -2.40. The summed E-state index contributed by atoms with van der Waals surface area (Å²) < 4.78 is 6.01. The second-order valence-electron chi connectivity index (χ2n) is 6.94. The first-order valence-corrected chi connectivity index (χ1v) is 11.0. The van der Waals surface area contributed by atoms with Crippen LogP contribution in [0.1, 0.15) is 32.6 Å². The Morgan fingerprint density at radius 2 is 2.11 bits per heavy atom. The molecule has 6 nitrogen and oxygen atoms in total. The summed E-state index contributed by atoms with van der Waals surface area (Å²) >= 11 is 2.90. The van der Waals surface area contributed by atoms with E-state index >= 15 is 0 Å². The molecule has 1 saturated carbocycles. The second kappa shape index (κ2) is 9.41. The Hall–Kier alpha value is -1.80. The zero-order valence-corrected chi connectivity index (χ0v) is 17.6. The monoisotopic (exact) mass is 406 g/mol. The van der Waals surface area contributed by atoms with Crippen molar-refractivity contribution in [1.82, 2.24) is 15.1 Å². The first kappa shape index (κ1) is 19.9. The number of ether oxygens (including phenoxy) is 1. The largest absolute Gasteiger partial charge is 0.497 e. The first-order valence-electron chi connectivity index (χ1n) is 9.18. The van der Waals surface area contributed by atoms with Gasteiger partial charge in [-0.1, -0.05) is 36.1 Å². The van der Waals surface area contributed by atoms with Crippen molar-refractivity contribution in [2.45, 2.75) is 43.0 Å². The molecule has 0 saturated heterocycles. The van der Waals surface area contributed by atoms with E-state index in [9.17, 15) is 4.79 Å². The molecule has 1 aromatic heterocycles. The van der Waals surface area contributed by atoms with Crippen molar-refractivity contribution >= 4 is 39.8 Å². The number of amides is 1. The number of anilines is 2. The molecule has 3 rings (SSSR count). The topological polar surface area (TPSA) is 67.3 Å². The number of aromatic nitrogens is 2. The van der Waals surface area contributed by atoms with E-state index in [0.29, 0.717) is 16.9 Å². The van der Waals surface area contributed by atoms with Gasteiger partial charge in [0.2, 0.25) is 11.0 Å². The zero-order chi connectivity index (χ0) is 19.2. The maximum atomic E-state index is 12.5. The van der Waals surface area contributed by atoms with E-state index in [-0.39, 0.29) is 5.91 Å². The maximum Gasteiger partial charge on any atom is 0.233 e. The first-order chi connectivity index (χ1) is 13.0. The fourth-order valence-electron chi connectivity index (χ4n) is 3.20. The fraction of sp³-hybridized carbons (Fsp3) is 0.526. The molecule has 1 fully saturated rings. The number of carbonyl (C=O) groups excluding carboxylic acids is 1. The van der Waals surface area contributed by atoms with Crippen LogP contribution in [0, 0.1) is 5.92 Å². The Morgan fingerprint density at radius 3 is 2.85 bits per heavy atom. The molecule has 0 bridgehead atoms. The van der Waals surface area contributed by atoms with E-state index in [1.54, 1.807) is 7.11 Å². The highest BCUT2D eigenvalue weighted by molar-refractivity contribution is 8.01. The van der Waals surface area contributed by atoms with Crippen molar-refractivity contribution in [3.05, 3.63) is 24.3 Å². The normalized spacial score (nSPS) is 19.5. The number of benzene rings is 1. The average Bonchev–Trinajstić information content (AvgIpc) is 3.13. The van der Waals surface area contributed by atoms with Gasteiger partial charge in [0.15, 0.2) is 4.34 Å². The lowest BCUT2D eigenvalue weighted by molar-refractivity contribution is -0.129. The lowest BCUT2D eigenvalue weighted by atomic mass is 9.87. The molecule has 1 aliphatic rings. The van der Waals surface area contributed by atoms with E-state index < -0.39 is 0 Å². The number of carbonyl (C=O) groups is 1. The Labute approximate surface area is 168 Å². The van der Waals surface area contributed by atoms with Gasteiger partial charge in [0, 0.05) is 24.8 Å². The molecule has 2 aromatic rings. The minimum absolute atomic E-state index is 0.164. The molecule has 1 N–H and O–H groups in total. The van der Waals surface area contributed by atoms with Gasteiger partial charge in [0.1, 0.15) is 5.75 Å². The lowest BCUT2D eigenvalue weighted by Gasteiger charge is -2.33. The Morgan fingerprint density at radius 1 is 1.33 bits per heavy atom. The number of thioether (sulfide) groups is 1. The molecule has 0 unspecified atom stereocenters. The van der Waals surface area contributed by atoms with Crippen LogP contribution in [0.25, 0.3) is 0 Å². The van der Waals surface area contributed by atoms with Crippen LogP contribution in [0.3, 0.4) is 0 Å². The number of hydrogen-bond acceptors (Lipinski definition) is 7. The van der Waals surface area contributed by atoms with Gasteiger partial charge in [-0.05, 0) is 43.7 Å². The molecule has 1 heterocycles. The Balaban J connectivity index is 1.49. The van der Waals surface area contributed by atoms with Crippen molar-refractivity contribution in [3.8, 4) is 5.75 Å². The molecule has 1 aliphatic carbocycles. The highest BCUT2D eigenvalue weighted by Crippen LogP contribution is 2.30. The predicted octanol–water partition coefficient (Wildman–Crippen LogP) is 4.42. The van der Waals surface area contributed by atoms with Gasteiger partial charge in [0.25, 0.3) is 0 Å². The molecule has 8 heteroatoms. The molecule has 1 aromatic carbocycles. The van der Waals surface area contributed by atoms with Gasteiger partial charge in [-0.2, -0.15) is 0 Å². The second-order valence-corrected chi connectivity index (χ2v) is 9.14. The number of rotatable bonds is 7. The highest BCUT2D eigenvalue weighted by atomic mass is 32.2. The third kappa shape index (κ3) is 5.59. The van der Waals surface area contributed by atoms with Crippen LogP contribution in [-0.4, -0.2) is 47.0 Å². The van der Waals surface area contributed by atoms with E-state index in [4.69, 9.17) is 4.74 Å². The van der Waals surface area contributed by atoms with Gasteiger partial charge < -0.3 is 15.0 Å². The summed E-state index contributed by atoms with van der Waals surface area (Å²) in [6.07, 6.45) is 4.65. The third-order valence-electron chi connectivity index (χ3n) is 4.97. The van der Waals surface area contributed by atoms with Gasteiger partial charge in [-0.25, -0.2) is 0 Å². The average molecular weight is 407 g/mol. The number of methoxy groups -OCH3 is 1. The van der Waals surface area contributed by atoms with E-state index in [2.05, 4.69) is 22.4 Å². The molecule has 0 radical (unpaired) electrons. The zero-order valence-electron chi connectivity index (χ0n) is 16.0. The molecule has 146 valence electrons. The molecule has 1 amide bonds. The minimum Gasteiger partial charge on any atom is -0.497 e. The van der Waals surface area contributed by atoms with E-state index in [1.165, 1.54) is 35.9 Å². The fourth-order valence-corrected chi connectivity index (χ4v) is 4.90. The third-order valence-corrected chi connectivity index (χ3v) is 6.93. The summed E-state index contributed by atoms with van der Waals surface area (Å²) in [5, 5.41) is 12.3. The SMILES string of the molecule is COc1cccc(Nc2nnc(SCC(=O)N(C)C3CCC(C)CC3)s2)c1. The number of nitrogens with one attached hydrogen (secondary N) is 1. The van der Waals surface area contributed by atoms with Crippen LogP contribution < -0.4 is 10.1 Å². The van der Waals surface area contributed by atoms with Gasteiger partial charge >= 0.3 is 0 Å². The van der Waals surface area contributed by atoms with Crippen LogP contribution in [0.15, 0.2) is 28.6 Å². The van der Waals surface area contributed by atoms with Crippen LogP contribution in [0.4, 0.5) is 10.8 Å².